The number of rotatable bonds is 12. The van der Waals surface area contributed by atoms with Crippen molar-refractivity contribution in [1.29, 1.82) is 0 Å². The predicted octanol–water partition coefficient (Wildman–Crippen LogP) is 3.30. The third kappa shape index (κ3) is 7.55. The molecule has 2 aromatic carbocycles. The maximum absolute atomic E-state index is 13.7. The molecule has 2 N–H and O–H groups in total. The van der Waals surface area contributed by atoms with Gasteiger partial charge in [-0.3, -0.25) is 9.59 Å². The van der Waals surface area contributed by atoms with Crippen molar-refractivity contribution < 1.29 is 32.2 Å². The van der Waals surface area contributed by atoms with Crippen LogP contribution in [0.3, 0.4) is 0 Å². The number of sulfone groups is 1. The Kier molecular flexibility index (Phi) is 10.7. The summed E-state index contributed by atoms with van der Waals surface area (Å²) in [6.45, 7) is 2.26. The molecule has 0 radical (unpaired) electrons. The third-order valence-electron chi connectivity index (χ3n) is 6.78. The summed E-state index contributed by atoms with van der Waals surface area (Å²) < 4.78 is 42.6. The number of ether oxygens (including phenoxy) is 3. The van der Waals surface area contributed by atoms with Gasteiger partial charge < -0.3 is 24.8 Å². The number of hydrogen-bond acceptors (Lipinski definition) is 9. The first-order valence-corrected chi connectivity index (χ1v) is 14.5. The van der Waals surface area contributed by atoms with Crippen molar-refractivity contribution in [3.8, 4) is 5.75 Å². The highest BCUT2D eigenvalue weighted by Crippen LogP contribution is 2.37. The Balaban J connectivity index is 2.02. The lowest BCUT2D eigenvalue weighted by Gasteiger charge is -2.24. The first-order valence-electron chi connectivity index (χ1n) is 12.8. The molecule has 208 valence electrons. The Morgan fingerprint density at radius 3 is 2.29 bits per heavy atom. The zero-order chi connectivity index (χ0) is 27.7. The molecule has 0 fully saturated rings. The number of carbonyl (C=O) groups is 2. The van der Waals surface area contributed by atoms with E-state index in [1.165, 1.54) is 21.3 Å². The van der Waals surface area contributed by atoms with Crippen LogP contribution in [-0.2, 0) is 35.4 Å². The van der Waals surface area contributed by atoms with E-state index in [2.05, 4.69) is 17.6 Å². The summed E-state index contributed by atoms with van der Waals surface area (Å²) in [5.74, 6) is -0.442. The Morgan fingerprint density at radius 1 is 1.05 bits per heavy atom. The molecule has 3 rings (SSSR count). The highest BCUT2D eigenvalue weighted by molar-refractivity contribution is 7.91. The van der Waals surface area contributed by atoms with Gasteiger partial charge in [-0.05, 0) is 29.7 Å². The average molecular weight is 547 g/mol. The Labute approximate surface area is 225 Å². The number of carbonyl (C=O) groups excluding carboxylic acids is 2. The van der Waals surface area contributed by atoms with Crippen molar-refractivity contribution in [1.82, 2.24) is 10.6 Å². The Bertz CT molecular complexity index is 1180. The minimum absolute atomic E-state index is 0.00413. The number of benzene rings is 2. The first-order chi connectivity index (χ1) is 18.2. The molecule has 0 amide bonds. The van der Waals surface area contributed by atoms with Crippen molar-refractivity contribution >= 4 is 21.8 Å². The summed E-state index contributed by atoms with van der Waals surface area (Å²) in [5.41, 5.74) is 2.21. The quantitative estimate of drug-likeness (QED) is 0.386. The Hall–Kier alpha value is -2.95. The minimum Gasteiger partial charge on any atom is -0.496 e. The van der Waals surface area contributed by atoms with Crippen LogP contribution >= 0.6 is 0 Å². The van der Waals surface area contributed by atoms with E-state index in [0.717, 1.165) is 24.8 Å². The van der Waals surface area contributed by atoms with E-state index < -0.39 is 27.8 Å². The molecule has 2 atom stereocenters. The van der Waals surface area contributed by atoms with Crippen LogP contribution in [0.4, 0.5) is 0 Å². The van der Waals surface area contributed by atoms with Crippen molar-refractivity contribution in [3.05, 3.63) is 59.2 Å². The number of unbranched alkanes of at least 4 members (excludes halogenated alkanes) is 1. The maximum Gasteiger partial charge on any atom is 0.307 e. The van der Waals surface area contributed by atoms with E-state index in [4.69, 9.17) is 14.2 Å². The smallest absolute Gasteiger partial charge is 0.307 e. The largest absolute Gasteiger partial charge is 0.496 e. The molecule has 9 nitrogen and oxygen atoms in total. The summed E-state index contributed by atoms with van der Waals surface area (Å²) in [7, 11) is 0.470. The molecule has 0 aliphatic carbocycles. The third-order valence-corrected chi connectivity index (χ3v) is 8.65. The topological polar surface area (TPSA) is 120 Å². The van der Waals surface area contributed by atoms with Crippen LogP contribution in [0.1, 0.15) is 61.8 Å². The summed E-state index contributed by atoms with van der Waals surface area (Å²) in [6.07, 6.45) is 2.56. The van der Waals surface area contributed by atoms with Crippen LogP contribution in [0.25, 0.3) is 0 Å². The van der Waals surface area contributed by atoms with E-state index >= 15 is 0 Å². The van der Waals surface area contributed by atoms with Crippen molar-refractivity contribution in [3.63, 3.8) is 0 Å². The van der Waals surface area contributed by atoms with Gasteiger partial charge in [0.2, 0.25) is 0 Å². The van der Waals surface area contributed by atoms with Gasteiger partial charge >= 0.3 is 11.9 Å². The SMILES string of the molecule is CCCC[C@@H]1CS(=O)(=O)c2cc(CNC(CC(=O)OC)CC(=O)OC)c(OC)cc2[C@@H](c2ccccc2)N1. The molecule has 0 spiro atoms. The number of nitrogens with one attached hydrogen (secondary N) is 2. The molecule has 1 aliphatic heterocycles. The second-order valence-corrected chi connectivity index (χ2v) is 11.5. The van der Waals surface area contributed by atoms with E-state index in [1.54, 1.807) is 12.1 Å². The first kappa shape index (κ1) is 29.6. The number of hydrogen-bond donors (Lipinski definition) is 2. The highest BCUT2D eigenvalue weighted by Gasteiger charge is 2.34. The van der Waals surface area contributed by atoms with E-state index in [-0.39, 0.29) is 42.1 Å². The fraction of sp³-hybridized carbons (Fsp3) is 0.500. The van der Waals surface area contributed by atoms with Crippen LogP contribution in [-0.4, -0.2) is 59.5 Å². The summed E-state index contributed by atoms with van der Waals surface area (Å²) in [6, 6.07) is 12.1. The standard InChI is InChI=1S/C28H38N2O7S/c1-5-6-12-21-18-38(33,34)25-13-20(17-29-22(14-26(31)36-3)15-27(32)37-4)24(35-2)16-23(25)28(30-21)19-10-8-7-9-11-19/h7-11,13,16,21-22,28-30H,5-6,12,14-15,17-18H2,1-4H3/t21-,28-/m1/s1. The van der Waals surface area contributed by atoms with Gasteiger partial charge in [0.05, 0.1) is 50.9 Å². The van der Waals surface area contributed by atoms with E-state index in [0.29, 0.717) is 16.9 Å². The maximum atomic E-state index is 13.7. The average Bonchev–Trinajstić information content (AvgIpc) is 3.03. The molecule has 38 heavy (non-hydrogen) atoms. The molecule has 0 saturated heterocycles. The van der Waals surface area contributed by atoms with Crippen molar-refractivity contribution in [2.24, 2.45) is 0 Å². The van der Waals surface area contributed by atoms with E-state index in [9.17, 15) is 18.0 Å². The monoisotopic (exact) mass is 546 g/mol. The lowest BCUT2D eigenvalue weighted by molar-refractivity contribution is -0.143. The van der Waals surface area contributed by atoms with Gasteiger partial charge in [-0.2, -0.15) is 0 Å². The molecule has 2 aromatic rings. The van der Waals surface area contributed by atoms with Crippen molar-refractivity contribution in [2.45, 2.75) is 68.6 Å². The molecule has 1 heterocycles. The lowest BCUT2D eigenvalue weighted by Crippen LogP contribution is -2.35. The second-order valence-electron chi connectivity index (χ2n) is 9.47. The van der Waals surface area contributed by atoms with Gasteiger partial charge in [0, 0.05) is 24.2 Å². The fourth-order valence-electron chi connectivity index (χ4n) is 4.75. The molecule has 0 saturated carbocycles. The van der Waals surface area contributed by atoms with Crippen LogP contribution in [0.5, 0.6) is 5.75 Å². The van der Waals surface area contributed by atoms with Gasteiger partial charge in [-0.15, -0.1) is 0 Å². The summed E-state index contributed by atoms with van der Waals surface area (Å²) in [4.78, 5) is 24.0. The molecule has 1 aliphatic rings. The highest BCUT2D eigenvalue weighted by atomic mass is 32.2. The fourth-order valence-corrected chi connectivity index (χ4v) is 6.58. The summed E-state index contributed by atoms with van der Waals surface area (Å²) in [5, 5.41) is 6.78. The number of fused-ring (bicyclic) bond motifs is 1. The van der Waals surface area contributed by atoms with Gasteiger partial charge in [0.15, 0.2) is 9.84 Å². The lowest BCUT2D eigenvalue weighted by atomic mass is 9.95. The van der Waals surface area contributed by atoms with E-state index in [1.807, 2.05) is 30.3 Å². The normalized spacial score (nSPS) is 18.3. The number of esters is 2. The predicted molar refractivity (Wildman–Crippen MR) is 144 cm³/mol. The van der Waals surface area contributed by atoms with Gasteiger partial charge in [-0.25, -0.2) is 8.42 Å². The van der Waals surface area contributed by atoms with Gasteiger partial charge in [-0.1, -0.05) is 50.1 Å². The Morgan fingerprint density at radius 2 is 1.71 bits per heavy atom. The van der Waals surface area contributed by atoms with Gasteiger partial charge in [0.25, 0.3) is 0 Å². The number of methoxy groups -OCH3 is 3. The second kappa shape index (κ2) is 13.7. The zero-order valence-electron chi connectivity index (χ0n) is 22.5. The summed E-state index contributed by atoms with van der Waals surface area (Å²) >= 11 is 0. The molecular weight excluding hydrogens is 508 g/mol. The molecule has 0 aromatic heterocycles. The van der Waals surface area contributed by atoms with Crippen LogP contribution < -0.4 is 15.4 Å². The molecule has 0 unspecified atom stereocenters. The van der Waals surface area contributed by atoms with Gasteiger partial charge in [0.1, 0.15) is 5.75 Å². The van der Waals surface area contributed by atoms with Crippen LogP contribution in [0.2, 0.25) is 0 Å². The van der Waals surface area contributed by atoms with Crippen LogP contribution in [0, 0.1) is 0 Å². The molecule has 0 bridgehead atoms. The van der Waals surface area contributed by atoms with Crippen molar-refractivity contribution in [2.75, 3.05) is 27.1 Å². The molecule has 10 heteroatoms. The zero-order valence-corrected chi connectivity index (χ0v) is 23.3. The molecular formula is C28H38N2O7S. The van der Waals surface area contributed by atoms with Crippen LogP contribution in [0.15, 0.2) is 47.4 Å². The minimum atomic E-state index is -3.63.